The van der Waals surface area contributed by atoms with E-state index in [1.54, 1.807) is 17.0 Å². The zero-order chi connectivity index (χ0) is 15.2. The third kappa shape index (κ3) is 5.30. The first-order chi connectivity index (χ1) is 9.37. The number of nitrogens with one attached hydrogen (secondary N) is 1. The maximum Gasteiger partial charge on any atom is 0.253 e. The van der Waals surface area contributed by atoms with Gasteiger partial charge in [-0.3, -0.25) is 4.79 Å². The van der Waals surface area contributed by atoms with E-state index in [1.165, 1.54) is 0 Å². The number of hydrogen-bond donors (Lipinski definition) is 1. The van der Waals surface area contributed by atoms with E-state index in [1.807, 2.05) is 26.0 Å². The SMILES string of the molecule is CCN(CC)C(=O)c1ccc(CCNS(C)(=O)=O)cc1. The molecule has 1 aromatic carbocycles. The number of hydrogen-bond acceptors (Lipinski definition) is 3. The van der Waals surface area contributed by atoms with Crippen molar-refractivity contribution in [3.8, 4) is 0 Å². The second-order valence-corrected chi connectivity index (χ2v) is 6.42. The number of sulfonamides is 1. The van der Waals surface area contributed by atoms with Gasteiger partial charge in [-0.1, -0.05) is 12.1 Å². The van der Waals surface area contributed by atoms with Crippen LogP contribution in [0.15, 0.2) is 24.3 Å². The summed E-state index contributed by atoms with van der Waals surface area (Å²) in [6.07, 6.45) is 1.74. The highest BCUT2D eigenvalue weighted by molar-refractivity contribution is 7.88. The Bertz CT molecular complexity index is 534. The van der Waals surface area contributed by atoms with Crippen molar-refractivity contribution < 1.29 is 13.2 Å². The number of nitrogens with zero attached hydrogens (tertiary/aromatic N) is 1. The van der Waals surface area contributed by atoms with Crippen molar-refractivity contribution in [2.24, 2.45) is 0 Å². The van der Waals surface area contributed by atoms with E-state index in [-0.39, 0.29) is 5.91 Å². The molecule has 1 N–H and O–H groups in total. The van der Waals surface area contributed by atoms with Crippen molar-refractivity contribution in [3.05, 3.63) is 35.4 Å². The first kappa shape index (κ1) is 16.7. The molecule has 0 spiro atoms. The van der Waals surface area contributed by atoms with Gasteiger partial charge in [-0.2, -0.15) is 0 Å². The molecule has 0 aliphatic carbocycles. The van der Waals surface area contributed by atoms with Crippen LogP contribution in [0.25, 0.3) is 0 Å². The Balaban J connectivity index is 2.62. The summed E-state index contributed by atoms with van der Waals surface area (Å²) in [7, 11) is -3.14. The lowest BCUT2D eigenvalue weighted by atomic mass is 10.1. The molecule has 112 valence electrons. The first-order valence-electron chi connectivity index (χ1n) is 6.70. The molecule has 0 fully saturated rings. The van der Waals surface area contributed by atoms with E-state index in [0.29, 0.717) is 31.6 Å². The quantitative estimate of drug-likeness (QED) is 0.824. The molecule has 0 aromatic heterocycles. The fourth-order valence-electron chi connectivity index (χ4n) is 1.89. The molecule has 0 unspecified atom stereocenters. The van der Waals surface area contributed by atoms with Crippen LogP contribution in [0, 0.1) is 0 Å². The molecule has 0 saturated carbocycles. The molecule has 1 amide bonds. The molecule has 1 aromatic rings. The van der Waals surface area contributed by atoms with Crippen LogP contribution in [0.1, 0.15) is 29.8 Å². The van der Waals surface area contributed by atoms with Crippen molar-refractivity contribution in [2.45, 2.75) is 20.3 Å². The van der Waals surface area contributed by atoms with Gasteiger partial charge in [0.1, 0.15) is 0 Å². The molecule has 0 saturated heterocycles. The summed E-state index contributed by atoms with van der Waals surface area (Å²) in [4.78, 5) is 13.9. The summed E-state index contributed by atoms with van der Waals surface area (Å²) in [6.45, 7) is 5.64. The average Bonchev–Trinajstić information content (AvgIpc) is 2.39. The Hall–Kier alpha value is -1.40. The van der Waals surface area contributed by atoms with Crippen molar-refractivity contribution in [2.75, 3.05) is 25.9 Å². The molecule has 6 heteroatoms. The monoisotopic (exact) mass is 298 g/mol. The Labute approximate surface area is 121 Å². The van der Waals surface area contributed by atoms with Crippen LogP contribution < -0.4 is 4.72 Å². The van der Waals surface area contributed by atoms with Gasteiger partial charge in [-0.05, 0) is 38.0 Å². The predicted octanol–water partition coefficient (Wildman–Crippen LogP) is 1.26. The van der Waals surface area contributed by atoms with Gasteiger partial charge in [0.25, 0.3) is 5.91 Å². The fraction of sp³-hybridized carbons (Fsp3) is 0.500. The topological polar surface area (TPSA) is 66.5 Å². The van der Waals surface area contributed by atoms with E-state index in [2.05, 4.69) is 4.72 Å². The standard InChI is InChI=1S/C14H22N2O3S/c1-4-16(5-2)14(17)13-8-6-12(7-9-13)10-11-15-20(3,18)19/h6-9,15H,4-5,10-11H2,1-3H3. The number of benzene rings is 1. The van der Waals surface area contributed by atoms with E-state index < -0.39 is 10.0 Å². The van der Waals surface area contributed by atoms with Crippen molar-refractivity contribution in [3.63, 3.8) is 0 Å². The van der Waals surface area contributed by atoms with Crippen molar-refractivity contribution in [1.29, 1.82) is 0 Å². The normalized spacial score (nSPS) is 11.3. The second-order valence-electron chi connectivity index (χ2n) is 4.59. The Morgan fingerprint density at radius 1 is 1.15 bits per heavy atom. The van der Waals surface area contributed by atoms with Gasteiger partial charge in [0, 0.05) is 25.2 Å². The van der Waals surface area contributed by atoms with Gasteiger partial charge in [0.05, 0.1) is 6.26 Å². The summed E-state index contributed by atoms with van der Waals surface area (Å²) in [6, 6.07) is 7.30. The van der Waals surface area contributed by atoms with E-state index in [4.69, 9.17) is 0 Å². The lowest BCUT2D eigenvalue weighted by molar-refractivity contribution is 0.0773. The molecule has 0 aliphatic heterocycles. The lowest BCUT2D eigenvalue weighted by Gasteiger charge is -2.18. The van der Waals surface area contributed by atoms with Crippen LogP contribution in [0.4, 0.5) is 0 Å². The van der Waals surface area contributed by atoms with E-state index >= 15 is 0 Å². The van der Waals surface area contributed by atoms with Gasteiger partial charge in [0.2, 0.25) is 10.0 Å². The van der Waals surface area contributed by atoms with Gasteiger partial charge in [0.15, 0.2) is 0 Å². The summed E-state index contributed by atoms with van der Waals surface area (Å²) in [5.41, 5.74) is 1.66. The molecule has 0 heterocycles. The maximum atomic E-state index is 12.1. The van der Waals surface area contributed by atoms with E-state index in [9.17, 15) is 13.2 Å². The highest BCUT2D eigenvalue weighted by Gasteiger charge is 2.11. The van der Waals surface area contributed by atoms with Crippen LogP contribution in [0.5, 0.6) is 0 Å². The zero-order valence-corrected chi connectivity index (χ0v) is 13.0. The minimum absolute atomic E-state index is 0.0239. The highest BCUT2D eigenvalue weighted by atomic mass is 32.2. The number of rotatable bonds is 7. The van der Waals surface area contributed by atoms with Crippen LogP contribution in [-0.2, 0) is 16.4 Å². The fourth-order valence-corrected chi connectivity index (χ4v) is 2.36. The molecule has 1 rings (SSSR count). The van der Waals surface area contributed by atoms with Gasteiger partial charge < -0.3 is 4.90 Å². The smallest absolute Gasteiger partial charge is 0.253 e. The average molecular weight is 298 g/mol. The Kier molecular flexibility index (Phi) is 6.16. The predicted molar refractivity (Wildman–Crippen MR) is 80.2 cm³/mol. The Morgan fingerprint density at radius 3 is 2.15 bits per heavy atom. The molecular formula is C14H22N2O3S. The largest absolute Gasteiger partial charge is 0.339 e. The molecule has 0 aliphatic rings. The summed E-state index contributed by atoms with van der Waals surface area (Å²) < 4.78 is 24.3. The molecular weight excluding hydrogens is 276 g/mol. The summed E-state index contributed by atoms with van der Waals surface area (Å²) in [5, 5.41) is 0. The number of amides is 1. The molecule has 0 bridgehead atoms. The first-order valence-corrected chi connectivity index (χ1v) is 8.59. The van der Waals surface area contributed by atoms with Crippen LogP contribution >= 0.6 is 0 Å². The summed E-state index contributed by atoms with van der Waals surface area (Å²) >= 11 is 0. The Morgan fingerprint density at radius 2 is 1.70 bits per heavy atom. The van der Waals surface area contributed by atoms with Crippen LogP contribution in [0.3, 0.4) is 0 Å². The minimum Gasteiger partial charge on any atom is -0.339 e. The van der Waals surface area contributed by atoms with Crippen molar-refractivity contribution in [1.82, 2.24) is 9.62 Å². The highest BCUT2D eigenvalue weighted by Crippen LogP contribution is 2.08. The van der Waals surface area contributed by atoms with E-state index in [0.717, 1.165) is 11.8 Å². The number of carbonyl (C=O) groups is 1. The molecule has 0 atom stereocenters. The van der Waals surface area contributed by atoms with Crippen LogP contribution in [0.2, 0.25) is 0 Å². The van der Waals surface area contributed by atoms with Gasteiger partial charge in [-0.15, -0.1) is 0 Å². The van der Waals surface area contributed by atoms with Crippen LogP contribution in [-0.4, -0.2) is 45.1 Å². The second kappa shape index (κ2) is 7.40. The third-order valence-electron chi connectivity index (χ3n) is 3.03. The van der Waals surface area contributed by atoms with Gasteiger partial charge in [-0.25, -0.2) is 13.1 Å². The zero-order valence-electron chi connectivity index (χ0n) is 12.2. The molecule has 0 radical (unpaired) electrons. The lowest BCUT2D eigenvalue weighted by Crippen LogP contribution is -2.30. The number of carbonyl (C=O) groups excluding carboxylic acids is 1. The van der Waals surface area contributed by atoms with Crippen molar-refractivity contribution >= 4 is 15.9 Å². The summed E-state index contributed by atoms with van der Waals surface area (Å²) in [5.74, 6) is 0.0239. The van der Waals surface area contributed by atoms with Gasteiger partial charge >= 0.3 is 0 Å². The molecule has 20 heavy (non-hydrogen) atoms. The molecule has 5 nitrogen and oxygen atoms in total. The third-order valence-corrected chi connectivity index (χ3v) is 3.76. The minimum atomic E-state index is -3.14. The maximum absolute atomic E-state index is 12.1.